The first-order valence-electron chi connectivity index (χ1n) is 11.5. The second-order valence-corrected chi connectivity index (χ2v) is 9.16. The third-order valence-corrected chi connectivity index (χ3v) is 7.02. The first-order chi connectivity index (χ1) is 14.3. The number of anilines is 1. The third kappa shape index (κ3) is 5.82. The molecule has 2 aliphatic rings. The van der Waals surface area contributed by atoms with Crippen LogP contribution < -0.4 is 10.6 Å². The molecule has 0 bridgehead atoms. The molecule has 1 saturated carbocycles. The molecule has 1 saturated heterocycles. The Hall–Kier alpha value is -1.92. The Bertz CT molecular complexity index is 743. The topological polar surface area (TPSA) is 64.7 Å². The zero-order chi connectivity index (χ0) is 21.7. The minimum Gasteiger partial charge on any atom is -0.352 e. The number of carbonyl (C=O) groups excluding carboxylic acids is 2. The summed E-state index contributed by atoms with van der Waals surface area (Å²) >= 11 is 0. The fourth-order valence-electron chi connectivity index (χ4n) is 4.59. The fraction of sp³-hybridized carbons (Fsp3) is 0.667. The van der Waals surface area contributed by atoms with Gasteiger partial charge in [-0.25, -0.2) is 0 Å². The van der Waals surface area contributed by atoms with Crippen LogP contribution in [0.25, 0.3) is 0 Å². The molecule has 3 rings (SSSR count). The van der Waals surface area contributed by atoms with Gasteiger partial charge in [-0.05, 0) is 56.7 Å². The van der Waals surface area contributed by atoms with E-state index in [1.54, 1.807) is 0 Å². The quantitative estimate of drug-likeness (QED) is 0.751. The number of hydrogen-bond donors (Lipinski definition) is 2. The Morgan fingerprint density at radius 2 is 1.80 bits per heavy atom. The normalized spacial score (nSPS) is 24.3. The lowest BCUT2D eigenvalue weighted by molar-refractivity contribution is -0.128. The van der Waals surface area contributed by atoms with Crippen molar-refractivity contribution in [1.82, 2.24) is 15.1 Å². The lowest BCUT2D eigenvalue weighted by Crippen LogP contribution is -2.56. The molecule has 166 valence electrons. The minimum absolute atomic E-state index is 0.0224. The van der Waals surface area contributed by atoms with E-state index in [1.807, 2.05) is 26.0 Å². The lowest BCUT2D eigenvalue weighted by Gasteiger charge is -2.38. The summed E-state index contributed by atoms with van der Waals surface area (Å²) in [5.41, 5.74) is 3.18. The molecule has 30 heavy (non-hydrogen) atoms. The monoisotopic (exact) mass is 414 g/mol. The van der Waals surface area contributed by atoms with Gasteiger partial charge in [0.1, 0.15) is 0 Å². The predicted molar refractivity (Wildman–Crippen MR) is 122 cm³/mol. The molecule has 6 nitrogen and oxygen atoms in total. The number of hydrogen-bond acceptors (Lipinski definition) is 4. The summed E-state index contributed by atoms with van der Waals surface area (Å²) in [5.74, 6) is 0.742. The van der Waals surface area contributed by atoms with E-state index >= 15 is 0 Å². The summed E-state index contributed by atoms with van der Waals surface area (Å²) in [6, 6.07) is 6.17. The van der Waals surface area contributed by atoms with E-state index in [4.69, 9.17) is 0 Å². The van der Waals surface area contributed by atoms with Gasteiger partial charge in [0, 0.05) is 37.9 Å². The maximum absolute atomic E-state index is 12.7. The maximum Gasteiger partial charge on any atom is 0.238 e. The Morgan fingerprint density at radius 3 is 2.50 bits per heavy atom. The molecule has 6 heteroatoms. The molecule has 0 radical (unpaired) electrons. The van der Waals surface area contributed by atoms with Crippen LogP contribution in [0.2, 0.25) is 0 Å². The minimum atomic E-state index is -0.120. The molecule has 2 amide bonds. The van der Waals surface area contributed by atoms with Crippen molar-refractivity contribution >= 4 is 17.5 Å². The number of amides is 2. The smallest absolute Gasteiger partial charge is 0.238 e. The Morgan fingerprint density at radius 1 is 1.10 bits per heavy atom. The van der Waals surface area contributed by atoms with E-state index in [2.05, 4.69) is 40.3 Å². The van der Waals surface area contributed by atoms with Crippen LogP contribution in [-0.4, -0.2) is 66.4 Å². The van der Waals surface area contributed by atoms with E-state index in [0.29, 0.717) is 18.5 Å². The third-order valence-electron chi connectivity index (χ3n) is 7.02. The van der Waals surface area contributed by atoms with Crippen molar-refractivity contribution in [2.75, 3.05) is 38.0 Å². The van der Waals surface area contributed by atoms with Crippen LogP contribution in [0.3, 0.4) is 0 Å². The van der Waals surface area contributed by atoms with E-state index in [9.17, 15) is 9.59 Å². The summed E-state index contributed by atoms with van der Waals surface area (Å²) in [6.07, 6.45) is 4.81. The molecule has 1 aromatic carbocycles. The summed E-state index contributed by atoms with van der Waals surface area (Å²) < 4.78 is 0. The van der Waals surface area contributed by atoms with Crippen LogP contribution in [0, 0.1) is 19.8 Å². The zero-order valence-electron chi connectivity index (χ0n) is 19.0. The van der Waals surface area contributed by atoms with Crippen LogP contribution in [0.1, 0.15) is 50.7 Å². The standard InChI is InChI=1S/C24H38N4O2/c1-17-9-7-11-22(19(17)3)25-23(29)16-27-12-14-28(15-13-27)20(4)24(30)26-21-10-6-5-8-18(21)2/h7,9,11,18,20-21H,5-6,8,10,12-16H2,1-4H3,(H,25,29)(H,26,30)/t18-,20-,21+/m0/s1. The Kier molecular flexibility index (Phi) is 7.89. The molecule has 1 aliphatic heterocycles. The first kappa shape index (κ1) is 22.8. The van der Waals surface area contributed by atoms with Gasteiger partial charge in [-0.1, -0.05) is 31.9 Å². The number of nitrogens with zero attached hydrogens (tertiary/aromatic N) is 2. The highest BCUT2D eigenvalue weighted by molar-refractivity contribution is 5.93. The van der Waals surface area contributed by atoms with Crippen LogP contribution >= 0.6 is 0 Å². The number of piperazine rings is 1. The number of aryl methyl sites for hydroxylation is 1. The van der Waals surface area contributed by atoms with Crippen molar-refractivity contribution in [3.05, 3.63) is 29.3 Å². The molecule has 1 aliphatic carbocycles. The molecule has 0 unspecified atom stereocenters. The number of benzene rings is 1. The van der Waals surface area contributed by atoms with Gasteiger partial charge in [-0.15, -0.1) is 0 Å². The zero-order valence-corrected chi connectivity index (χ0v) is 19.0. The maximum atomic E-state index is 12.7. The summed E-state index contributed by atoms with van der Waals surface area (Å²) in [4.78, 5) is 29.6. The number of rotatable bonds is 6. The van der Waals surface area contributed by atoms with Crippen molar-refractivity contribution in [1.29, 1.82) is 0 Å². The van der Waals surface area contributed by atoms with Crippen LogP contribution in [0.5, 0.6) is 0 Å². The summed E-state index contributed by atoms with van der Waals surface area (Å²) in [6.45, 7) is 12.0. The molecule has 2 N–H and O–H groups in total. The first-order valence-corrected chi connectivity index (χ1v) is 11.5. The van der Waals surface area contributed by atoms with Crippen LogP contribution in [-0.2, 0) is 9.59 Å². The fourth-order valence-corrected chi connectivity index (χ4v) is 4.59. The van der Waals surface area contributed by atoms with Crippen LogP contribution in [0.4, 0.5) is 5.69 Å². The van der Waals surface area contributed by atoms with Gasteiger partial charge in [0.05, 0.1) is 12.6 Å². The van der Waals surface area contributed by atoms with E-state index in [-0.39, 0.29) is 17.9 Å². The molecular weight excluding hydrogens is 376 g/mol. The average molecular weight is 415 g/mol. The molecule has 0 aromatic heterocycles. The van der Waals surface area contributed by atoms with Crippen molar-refractivity contribution < 1.29 is 9.59 Å². The predicted octanol–water partition coefficient (Wildman–Crippen LogP) is 2.94. The largest absolute Gasteiger partial charge is 0.352 e. The Balaban J connectivity index is 1.43. The molecule has 1 heterocycles. The average Bonchev–Trinajstić information content (AvgIpc) is 2.73. The Labute approximate surface area is 181 Å². The number of carbonyl (C=O) groups is 2. The van der Waals surface area contributed by atoms with Gasteiger partial charge in [-0.3, -0.25) is 19.4 Å². The van der Waals surface area contributed by atoms with E-state index in [1.165, 1.54) is 24.8 Å². The van der Waals surface area contributed by atoms with Gasteiger partial charge in [-0.2, -0.15) is 0 Å². The summed E-state index contributed by atoms with van der Waals surface area (Å²) in [7, 11) is 0. The summed E-state index contributed by atoms with van der Waals surface area (Å²) in [5, 5.41) is 6.33. The van der Waals surface area contributed by atoms with Crippen LogP contribution in [0.15, 0.2) is 18.2 Å². The van der Waals surface area contributed by atoms with Crippen molar-refractivity contribution in [2.24, 2.45) is 5.92 Å². The molecule has 0 spiro atoms. The van der Waals surface area contributed by atoms with Gasteiger partial charge < -0.3 is 10.6 Å². The molecule has 2 fully saturated rings. The highest BCUT2D eigenvalue weighted by Gasteiger charge is 2.29. The van der Waals surface area contributed by atoms with Crippen molar-refractivity contribution in [3.8, 4) is 0 Å². The van der Waals surface area contributed by atoms with Crippen molar-refractivity contribution in [3.63, 3.8) is 0 Å². The van der Waals surface area contributed by atoms with E-state index < -0.39 is 0 Å². The van der Waals surface area contributed by atoms with Gasteiger partial charge >= 0.3 is 0 Å². The SMILES string of the molecule is Cc1cccc(NC(=O)CN2CCN([C@@H](C)C(=O)N[C@@H]3CCCC[C@@H]3C)CC2)c1C. The number of nitrogens with one attached hydrogen (secondary N) is 2. The molecule has 1 aromatic rings. The lowest BCUT2D eigenvalue weighted by atomic mass is 9.86. The van der Waals surface area contributed by atoms with Gasteiger partial charge in [0.25, 0.3) is 0 Å². The highest BCUT2D eigenvalue weighted by Crippen LogP contribution is 2.24. The van der Waals surface area contributed by atoms with Gasteiger partial charge in [0.15, 0.2) is 0 Å². The van der Waals surface area contributed by atoms with Crippen molar-refractivity contribution in [2.45, 2.75) is 65.5 Å². The van der Waals surface area contributed by atoms with E-state index in [0.717, 1.165) is 43.9 Å². The second kappa shape index (κ2) is 10.4. The van der Waals surface area contributed by atoms with Gasteiger partial charge in [0.2, 0.25) is 11.8 Å². The highest BCUT2D eigenvalue weighted by atomic mass is 16.2. The second-order valence-electron chi connectivity index (χ2n) is 9.16. The molecular formula is C24H38N4O2. The molecule has 3 atom stereocenters.